The molecular weight excluding hydrogens is 443 g/mol. The second kappa shape index (κ2) is 7.92. The van der Waals surface area contributed by atoms with Gasteiger partial charge in [0.1, 0.15) is 9.84 Å². The van der Waals surface area contributed by atoms with Crippen molar-refractivity contribution in [1.29, 1.82) is 0 Å². The van der Waals surface area contributed by atoms with Crippen molar-refractivity contribution < 1.29 is 8.42 Å². The maximum absolute atomic E-state index is 11.5. The van der Waals surface area contributed by atoms with Crippen LogP contribution in [0.5, 0.6) is 0 Å². The molecule has 1 atom stereocenters. The summed E-state index contributed by atoms with van der Waals surface area (Å²) < 4.78 is 25.0. The summed E-state index contributed by atoms with van der Waals surface area (Å²) >= 11 is 5.69. The molecule has 0 aliphatic rings. The first-order valence-electron chi connectivity index (χ1n) is 6.01. The Morgan fingerprint density at radius 2 is 2.16 bits per heavy atom. The minimum Gasteiger partial charge on any atom is -0.271 e. The van der Waals surface area contributed by atoms with Crippen LogP contribution in [-0.2, 0) is 9.84 Å². The highest BCUT2D eigenvalue weighted by Gasteiger charge is 2.15. The number of hydrazine groups is 1. The summed E-state index contributed by atoms with van der Waals surface area (Å²) in [4.78, 5) is 0. The first kappa shape index (κ1) is 17.4. The number of halogens is 2. The highest BCUT2D eigenvalue weighted by Crippen LogP contribution is 2.26. The summed E-state index contributed by atoms with van der Waals surface area (Å²) in [6.45, 7) is 1.67. The monoisotopic (exact) mass is 460 g/mol. The van der Waals surface area contributed by atoms with Crippen molar-refractivity contribution in [1.82, 2.24) is 5.43 Å². The molecule has 3 N–H and O–H groups in total. The van der Waals surface area contributed by atoms with E-state index in [1.165, 1.54) is 0 Å². The molecule has 0 spiro atoms. The average Bonchev–Trinajstić information content (AvgIpc) is 2.38. The molecule has 0 heterocycles. The van der Waals surface area contributed by atoms with Crippen LogP contribution in [-0.4, -0.2) is 19.9 Å². The maximum atomic E-state index is 11.5. The third-order valence-electron chi connectivity index (χ3n) is 2.92. The molecule has 0 aliphatic heterocycles. The Morgan fingerprint density at radius 1 is 1.47 bits per heavy atom. The topological polar surface area (TPSA) is 72.2 Å². The molecule has 0 aromatic heterocycles. The van der Waals surface area contributed by atoms with E-state index in [0.717, 1.165) is 13.6 Å². The van der Waals surface area contributed by atoms with Crippen molar-refractivity contribution in [2.45, 2.75) is 25.8 Å². The van der Waals surface area contributed by atoms with E-state index in [1.54, 1.807) is 6.92 Å². The number of nitrogens with two attached hydrogens (primary N) is 1. The van der Waals surface area contributed by atoms with Crippen molar-refractivity contribution in [3.05, 3.63) is 31.8 Å². The summed E-state index contributed by atoms with van der Waals surface area (Å²) in [5.74, 6) is 6.00. The van der Waals surface area contributed by atoms with E-state index in [-0.39, 0.29) is 17.5 Å². The predicted octanol–water partition coefficient (Wildman–Crippen LogP) is 2.77. The molecule has 1 unspecified atom stereocenters. The molecular formula is C12H18BrIN2O2S. The number of benzene rings is 1. The summed E-state index contributed by atoms with van der Waals surface area (Å²) in [7, 11) is -2.90. The third-order valence-corrected chi connectivity index (χ3v) is 6.19. The van der Waals surface area contributed by atoms with Gasteiger partial charge in [0.05, 0.1) is 5.75 Å². The number of hydrogen-bond acceptors (Lipinski definition) is 4. The van der Waals surface area contributed by atoms with Gasteiger partial charge in [0, 0.05) is 19.8 Å². The maximum Gasteiger partial charge on any atom is 0.150 e. The second-order valence-electron chi connectivity index (χ2n) is 4.26. The van der Waals surface area contributed by atoms with Crippen molar-refractivity contribution in [3.8, 4) is 0 Å². The molecule has 0 saturated heterocycles. The molecule has 0 amide bonds. The van der Waals surface area contributed by atoms with Gasteiger partial charge in [0.25, 0.3) is 0 Å². The molecule has 0 bridgehead atoms. The Labute approximate surface area is 136 Å². The van der Waals surface area contributed by atoms with Gasteiger partial charge in [-0.1, -0.05) is 22.9 Å². The molecule has 4 nitrogen and oxygen atoms in total. The van der Waals surface area contributed by atoms with Crippen molar-refractivity contribution in [3.63, 3.8) is 0 Å². The second-order valence-corrected chi connectivity index (χ2v) is 8.81. The number of hydrogen-bond donors (Lipinski definition) is 2. The average molecular weight is 461 g/mol. The molecule has 1 aromatic carbocycles. The molecule has 0 aliphatic carbocycles. The molecule has 19 heavy (non-hydrogen) atoms. The van der Waals surface area contributed by atoms with Gasteiger partial charge in [0.15, 0.2) is 0 Å². The zero-order chi connectivity index (χ0) is 14.5. The molecule has 1 aromatic rings. The van der Waals surface area contributed by atoms with E-state index in [1.807, 2.05) is 18.2 Å². The molecule has 0 radical (unpaired) electrons. The van der Waals surface area contributed by atoms with Gasteiger partial charge in [-0.15, -0.1) is 0 Å². The van der Waals surface area contributed by atoms with E-state index in [9.17, 15) is 8.42 Å². The van der Waals surface area contributed by atoms with E-state index in [4.69, 9.17) is 5.84 Å². The van der Waals surface area contributed by atoms with Crippen LogP contribution in [0.15, 0.2) is 22.7 Å². The lowest BCUT2D eigenvalue weighted by atomic mass is 10.0. The Kier molecular flexibility index (Phi) is 7.23. The molecule has 1 rings (SSSR count). The predicted molar refractivity (Wildman–Crippen MR) is 90.5 cm³/mol. The van der Waals surface area contributed by atoms with Gasteiger partial charge in [-0.05, 0) is 59.2 Å². The quantitative estimate of drug-likeness (QED) is 0.373. The fourth-order valence-electron chi connectivity index (χ4n) is 1.76. The minimum absolute atomic E-state index is 0.0311. The Hall–Kier alpha value is 0.300. The fourth-order valence-corrected chi connectivity index (χ4v) is 3.75. The molecule has 108 valence electrons. The number of nitrogens with one attached hydrogen (secondary N) is 1. The zero-order valence-corrected chi connectivity index (χ0v) is 15.3. The number of sulfone groups is 1. The lowest BCUT2D eigenvalue weighted by molar-refractivity contribution is 0.505. The van der Waals surface area contributed by atoms with Gasteiger partial charge in [-0.3, -0.25) is 11.3 Å². The van der Waals surface area contributed by atoms with Crippen LogP contribution in [0.25, 0.3) is 0 Å². The van der Waals surface area contributed by atoms with Crippen LogP contribution in [0.4, 0.5) is 0 Å². The van der Waals surface area contributed by atoms with E-state index >= 15 is 0 Å². The van der Waals surface area contributed by atoms with Gasteiger partial charge in [-0.25, -0.2) is 8.42 Å². The van der Waals surface area contributed by atoms with Crippen molar-refractivity contribution in [2.24, 2.45) is 5.84 Å². The summed E-state index contributed by atoms with van der Waals surface area (Å²) in [6, 6.07) is 5.96. The van der Waals surface area contributed by atoms with Crippen molar-refractivity contribution in [2.75, 3.05) is 11.5 Å². The summed E-state index contributed by atoms with van der Waals surface area (Å²) in [5.41, 5.74) is 3.86. The summed E-state index contributed by atoms with van der Waals surface area (Å²) in [5, 5.41) is 0. The van der Waals surface area contributed by atoms with E-state index in [0.29, 0.717) is 12.8 Å². The fraction of sp³-hybridized carbons (Fsp3) is 0.500. The lowest BCUT2D eigenvalue weighted by Crippen LogP contribution is -2.29. The van der Waals surface area contributed by atoms with Crippen LogP contribution in [0.3, 0.4) is 0 Å². The summed E-state index contributed by atoms with van der Waals surface area (Å²) in [6.07, 6.45) is 1.30. The van der Waals surface area contributed by atoms with E-state index in [2.05, 4.69) is 43.9 Å². The number of rotatable bonds is 7. The first-order valence-corrected chi connectivity index (χ1v) is 9.70. The Bertz CT molecular complexity index is 522. The van der Waals surface area contributed by atoms with Gasteiger partial charge < -0.3 is 0 Å². The highest BCUT2D eigenvalue weighted by molar-refractivity contribution is 14.1. The molecule has 0 fully saturated rings. The standard InChI is InChI=1S/C12H18BrIN2O2S/c1-2-19(17,18)7-3-4-12(16-15)10-8-9(13)5-6-11(10)14/h5-6,8,12,16H,2-4,7,15H2,1H3. The Balaban J connectivity index is 2.71. The van der Waals surface area contributed by atoms with Crippen LogP contribution >= 0.6 is 38.5 Å². The molecule has 0 saturated carbocycles. The van der Waals surface area contributed by atoms with Crippen molar-refractivity contribution >= 4 is 48.4 Å². The largest absolute Gasteiger partial charge is 0.271 e. The Morgan fingerprint density at radius 3 is 2.74 bits per heavy atom. The first-order chi connectivity index (χ1) is 8.89. The zero-order valence-electron chi connectivity index (χ0n) is 10.7. The SMILES string of the molecule is CCS(=O)(=O)CCCC(NN)c1cc(Br)ccc1I. The normalized spacial score (nSPS) is 13.5. The lowest BCUT2D eigenvalue weighted by Gasteiger charge is -2.18. The van der Waals surface area contributed by atoms with Crippen LogP contribution in [0, 0.1) is 3.57 Å². The third kappa shape index (κ3) is 5.66. The van der Waals surface area contributed by atoms with Crippen LogP contribution in [0.2, 0.25) is 0 Å². The van der Waals surface area contributed by atoms with E-state index < -0.39 is 9.84 Å². The minimum atomic E-state index is -2.90. The van der Waals surface area contributed by atoms with Gasteiger partial charge in [-0.2, -0.15) is 0 Å². The van der Waals surface area contributed by atoms with Crippen LogP contribution < -0.4 is 11.3 Å². The van der Waals surface area contributed by atoms with Gasteiger partial charge in [0.2, 0.25) is 0 Å². The van der Waals surface area contributed by atoms with Crippen LogP contribution in [0.1, 0.15) is 31.4 Å². The van der Waals surface area contributed by atoms with Gasteiger partial charge >= 0.3 is 0 Å². The highest BCUT2D eigenvalue weighted by atomic mass is 127. The molecule has 7 heteroatoms. The smallest absolute Gasteiger partial charge is 0.150 e.